The predicted molar refractivity (Wildman–Crippen MR) is 66.2 cm³/mol. The molecule has 0 spiro atoms. The summed E-state index contributed by atoms with van der Waals surface area (Å²) in [5.74, 6) is -0.155. The number of aliphatic hydroxyl groups excluding tert-OH is 1. The van der Waals surface area contributed by atoms with Crippen molar-refractivity contribution in [2.24, 2.45) is 5.41 Å². The highest BCUT2D eigenvalue weighted by Gasteiger charge is 2.46. The summed E-state index contributed by atoms with van der Waals surface area (Å²) in [6.07, 6.45) is 0.552. The second-order valence-corrected chi connectivity index (χ2v) is 5.59. The number of nitrogens with one attached hydrogen (secondary N) is 1. The average molecular weight is 237 g/mol. The summed E-state index contributed by atoms with van der Waals surface area (Å²) in [4.78, 5) is 0. The molecule has 1 aliphatic carbocycles. The van der Waals surface area contributed by atoms with Gasteiger partial charge in [0, 0.05) is 18.0 Å². The molecule has 17 heavy (non-hydrogen) atoms. The number of halogens is 1. The Hall–Kier alpha value is -0.930. The van der Waals surface area contributed by atoms with E-state index in [-0.39, 0.29) is 17.3 Å². The summed E-state index contributed by atoms with van der Waals surface area (Å²) in [6, 6.07) is 5.62. The lowest BCUT2D eigenvalue weighted by Crippen LogP contribution is -2.59. The minimum Gasteiger partial charge on any atom is -0.392 e. The van der Waals surface area contributed by atoms with Gasteiger partial charge < -0.3 is 10.4 Å². The van der Waals surface area contributed by atoms with Gasteiger partial charge in [-0.05, 0) is 30.5 Å². The average Bonchev–Trinajstić information content (AvgIpc) is 2.28. The SMILES string of the molecule is Cc1ccc(CNC2CC(O)C2(C)C)cc1F. The Labute approximate surface area is 102 Å². The maximum absolute atomic E-state index is 13.3. The first kappa shape index (κ1) is 12.5. The van der Waals surface area contributed by atoms with Gasteiger partial charge in [-0.25, -0.2) is 4.39 Å². The number of hydrogen-bond donors (Lipinski definition) is 2. The fourth-order valence-electron chi connectivity index (χ4n) is 2.24. The highest BCUT2D eigenvalue weighted by Crippen LogP contribution is 2.40. The third kappa shape index (κ3) is 2.35. The summed E-state index contributed by atoms with van der Waals surface area (Å²) in [7, 11) is 0. The Kier molecular flexibility index (Phi) is 3.23. The molecule has 3 heteroatoms. The first-order valence-corrected chi connectivity index (χ1v) is 6.07. The van der Waals surface area contributed by atoms with E-state index in [9.17, 15) is 9.50 Å². The zero-order chi connectivity index (χ0) is 12.6. The molecule has 2 unspecified atom stereocenters. The van der Waals surface area contributed by atoms with E-state index in [0.717, 1.165) is 12.0 Å². The van der Waals surface area contributed by atoms with E-state index in [2.05, 4.69) is 19.2 Å². The largest absolute Gasteiger partial charge is 0.392 e. The smallest absolute Gasteiger partial charge is 0.126 e. The molecule has 0 amide bonds. The minimum absolute atomic E-state index is 0.0801. The van der Waals surface area contributed by atoms with Crippen molar-refractivity contribution in [3.05, 3.63) is 35.1 Å². The molecule has 1 fully saturated rings. The molecule has 0 radical (unpaired) electrons. The molecule has 0 bridgehead atoms. The van der Waals surface area contributed by atoms with E-state index >= 15 is 0 Å². The predicted octanol–water partition coefficient (Wildman–Crippen LogP) is 2.38. The molecule has 2 rings (SSSR count). The number of aliphatic hydroxyl groups is 1. The molecule has 2 N–H and O–H groups in total. The Balaban J connectivity index is 1.93. The Morgan fingerprint density at radius 3 is 2.71 bits per heavy atom. The van der Waals surface area contributed by atoms with Crippen molar-refractivity contribution in [3.63, 3.8) is 0 Å². The van der Waals surface area contributed by atoms with Crippen LogP contribution in [0.3, 0.4) is 0 Å². The topological polar surface area (TPSA) is 32.3 Å². The number of rotatable bonds is 3. The summed E-state index contributed by atoms with van der Waals surface area (Å²) in [5, 5.41) is 13.0. The molecule has 2 atom stereocenters. The van der Waals surface area contributed by atoms with Gasteiger partial charge in [-0.2, -0.15) is 0 Å². The van der Waals surface area contributed by atoms with Gasteiger partial charge in [0.15, 0.2) is 0 Å². The molecule has 2 nitrogen and oxygen atoms in total. The van der Waals surface area contributed by atoms with Crippen molar-refractivity contribution >= 4 is 0 Å². The molecular formula is C14H20FNO. The standard InChI is InChI=1S/C14H20FNO/c1-9-4-5-10(6-11(9)15)8-16-12-7-13(17)14(12,2)3/h4-6,12-13,16-17H,7-8H2,1-3H3. The van der Waals surface area contributed by atoms with Crippen LogP contribution in [0.5, 0.6) is 0 Å². The van der Waals surface area contributed by atoms with E-state index in [1.54, 1.807) is 19.1 Å². The second kappa shape index (κ2) is 4.39. The molecule has 0 heterocycles. The van der Waals surface area contributed by atoms with Crippen molar-refractivity contribution in [2.75, 3.05) is 0 Å². The highest BCUT2D eigenvalue weighted by molar-refractivity contribution is 5.23. The van der Waals surface area contributed by atoms with Gasteiger partial charge in [-0.1, -0.05) is 26.0 Å². The lowest BCUT2D eigenvalue weighted by Gasteiger charge is -2.49. The molecular weight excluding hydrogens is 217 g/mol. The van der Waals surface area contributed by atoms with Gasteiger partial charge in [0.25, 0.3) is 0 Å². The van der Waals surface area contributed by atoms with Gasteiger partial charge in [0.05, 0.1) is 6.10 Å². The van der Waals surface area contributed by atoms with Crippen molar-refractivity contribution in [1.29, 1.82) is 0 Å². The Morgan fingerprint density at radius 2 is 2.18 bits per heavy atom. The van der Waals surface area contributed by atoms with Gasteiger partial charge >= 0.3 is 0 Å². The molecule has 0 saturated heterocycles. The maximum atomic E-state index is 13.3. The molecule has 1 saturated carbocycles. The van der Waals surface area contributed by atoms with Gasteiger partial charge in [-0.15, -0.1) is 0 Å². The van der Waals surface area contributed by atoms with Crippen LogP contribution in [0.15, 0.2) is 18.2 Å². The first-order chi connectivity index (χ1) is 7.91. The van der Waals surface area contributed by atoms with Crippen LogP contribution in [0.4, 0.5) is 4.39 Å². The fraction of sp³-hybridized carbons (Fsp3) is 0.571. The van der Waals surface area contributed by atoms with Crippen LogP contribution in [0.2, 0.25) is 0 Å². The monoisotopic (exact) mass is 237 g/mol. The van der Waals surface area contributed by atoms with Gasteiger partial charge in [0.1, 0.15) is 5.82 Å². The van der Waals surface area contributed by atoms with E-state index in [1.165, 1.54) is 0 Å². The fourth-order valence-corrected chi connectivity index (χ4v) is 2.24. The lowest BCUT2D eigenvalue weighted by atomic mass is 9.64. The van der Waals surface area contributed by atoms with Crippen molar-refractivity contribution in [2.45, 2.75) is 45.9 Å². The first-order valence-electron chi connectivity index (χ1n) is 6.07. The third-order valence-electron chi connectivity index (χ3n) is 4.00. The van der Waals surface area contributed by atoms with E-state index in [1.807, 2.05) is 6.07 Å². The third-order valence-corrected chi connectivity index (χ3v) is 4.00. The molecule has 0 aliphatic heterocycles. The molecule has 94 valence electrons. The summed E-state index contributed by atoms with van der Waals surface area (Å²) < 4.78 is 13.3. The summed E-state index contributed by atoms with van der Waals surface area (Å²) in [6.45, 7) is 6.51. The van der Waals surface area contributed by atoms with Crippen molar-refractivity contribution in [1.82, 2.24) is 5.32 Å². The number of aryl methyl sites for hydroxylation is 1. The quantitative estimate of drug-likeness (QED) is 0.846. The van der Waals surface area contributed by atoms with Crippen LogP contribution >= 0.6 is 0 Å². The molecule has 1 aromatic carbocycles. The molecule has 0 aromatic heterocycles. The highest BCUT2D eigenvalue weighted by atomic mass is 19.1. The van der Waals surface area contributed by atoms with E-state index in [4.69, 9.17) is 0 Å². The Bertz CT molecular complexity index is 417. The van der Waals surface area contributed by atoms with E-state index in [0.29, 0.717) is 18.2 Å². The summed E-state index contributed by atoms with van der Waals surface area (Å²) in [5.41, 5.74) is 1.54. The van der Waals surface area contributed by atoms with Crippen LogP contribution in [0, 0.1) is 18.2 Å². The second-order valence-electron chi connectivity index (χ2n) is 5.59. The normalized spacial score (nSPS) is 26.6. The van der Waals surface area contributed by atoms with E-state index < -0.39 is 0 Å². The van der Waals surface area contributed by atoms with Gasteiger partial charge in [-0.3, -0.25) is 0 Å². The summed E-state index contributed by atoms with van der Waals surface area (Å²) >= 11 is 0. The maximum Gasteiger partial charge on any atom is 0.126 e. The lowest BCUT2D eigenvalue weighted by molar-refractivity contribution is -0.0729. The van der Waals surface area contributed by atoms with Crippen LogP contribution in [0.25, 0.3) is 0 Å². The zero-order valence-corrected chi connectivity index (χ0v) is 10.6. The molecule has 1 aromatic rings. The Morgan fingerprint density at radius 1 is 1.47 bits per heavy atom. The van der Waals surface area contributed by atoms with Crippen molar-refractivity contribution < 1.29 is 9.50 Å². The zero-order valence-electron chi connectivity index (χ0n) is 10.6. The van der Waals surface area contributed by atoms with Crippen LogP contribution < -0.4 is 5.32 Å². The van der Waals surface area contributed by atoms with Crippen molar-refractivity contribution in [3.8, 4) is 0 Å². The number of benzene rings is 1. The van der Waals surface area contributed by atoms with Gasteiger partial charge in [0.2, 0.25) is 0 Å². The number of hydrogen-bond acceptors (Lipinski definition) is 2. The van der Waals surface area contributed by atoms with Crippen LogP contribution in [0.1, 0.15) is 31.4 Å². The minimum atomic E-state index is -0.227. The van der Waals surface area contributed by atoms with Crippen LogP contribution in [-0.2, 0) is 6.54 Å². The molecule has 1 aliphatic rings. The van der Waals surface area contributed by atoms with Crippen LogP contribution in [-0.4, -0.2) is 17.3 Å².